The van der Waals surface area contributed by atoms with Gasteiger partial charge in [0.15, 0.2) is 0 Å². The summed E-state index contributed by atoms with van der Waals surface area (Å²) in [7, 11) is 2.06. The minimum Gasteiger partial charge on any atom is -0.312 e. The van der Waals surface area contributed by atoms with E-state index in [4.69, 9.17) is 0 Å². The predicted molar refractivity (Wildman–Crippen MR) is 97.6 cm³/mol. The summed E-state index contributed by atoms with van der Waals surface area (Å²) < 4.78 is 1.09. The number of benzene rings is 2. The Labute approximate surface area is 146 Å². The third kappa shape index (κ3) is 4.01. The Bertz CT molecular complexity index is 684. The van der Waals surface area contributed by atoms with Crippen LogP contribution in [0.15, 0.2) is 53.0 Å². The highest BCUT2D eigenvalue weighted by Crippen LogP contribution is 2.27. The highest BCUT2D eigenvalue weighted by Gasteiger charge is 2.23. The maximum atomic E-state index is 12.5. The standard InChI is InChI=1S/C19H21BrN2O/c1-21(14-15-6-8-17(20)9-7-15)12-11-19(23)22-13-10-16-4-2-3-5-18(16)22/h2-9H,10-14H2,1H3. The molecule has 0 radical (unpaired) electrons. The largest absolute Gasteiger partial charge is 0.312 e. The number of hydrogen-bond acceptors (Lipinski definition) is 2. The number of carbonyl (C=O) groups is 1. The summed E-state index contributed by atoms with van der Waals surface area (Å²) in [5.41, 5.74) is 3.63. The third-order valence-electron chi connectivity index (χ3n) is 4.26. The summed E-state index contributed by atoms with van der Waals surface area (Å²) in [6.07, 6.45) is 1.53. The van der Waals surface area contributed by atoms with Crippen molar-refractivity contribution in [1.29, 1.82) is 0 Å². The van der Waals surface area contributed by atoms with E-state index >= 15 is 0 Å². The first-order valence-electron chi connectivity index (χ1n) is 7.95. The van der Waals surface area contributed by atoms with E-state index in [0.29, 0.717) is 6.42 Å². The zero-order chi connectivity index (χ0) is 16.2. The number of fused-ring (bicyclic) bond motifs is 1. The van der Waals surface area contributed by atoms with E-state index in [-0.39, 0.29) is 5.91 Å². The smallest absolute Gasteiger partial charge is 0.228 e. The van der Waals surface area contributed by atoms with Crippen molar-refractivity contribution in [2.45, 2.75) is 19.4 Å². The van der Waals surface area contributed by atoms with Crippen molar-refractivity contribution in [2.75, 3.05) is 25.0 Å². The average Bonchev–Trinajstić information content (AvgIpc) is 2.99. The van der Waals surface area contributed by atoms with Gasteiger partial charge in [-0.25, -0.2) is 0 Å². The van der Waals surface area contributed by atoms with Crippen LogP contribution < -0.4 is 4.90 Å². The van der Waals surface area contributed by atoms with Gasteiger partial charge in [-0.2, -0.15) is 0 Å². The number of halogens is 1. The predicted octanol–water partition coefficient (Wildman–Crippen LogP) is 3.86. The molecule has 0 spiro atoms. The topological polar surface area (TPSA) is 23.6 Å². The molecule has 23 heavy (non-hydrogen) atoms. The molecule has 1 aliphatic heterocycles. The second-order valence-corrected chi connectivity index (χ2v) is 6.95. The number of hydrogen-bond donors (Lipinski definition) is 0. The van der Waals surface area contributed by atoms with Crippen LogP contribution in [0.5, 0.6) is 0 Å². The van der Waals surface area contributed by atoms with E-state index in [2.05, 4.69) is 58.2 Å². The molecule has 0 saturated heterocycles. The Morgan fingerprint density at radius 3 is 2.70 bits per heavy atom. The van der Waals surface area contributed by atoms with Crippen molar-refractivity contribution in [2.24, 2.45) is 0 Å². The fourth-order valence-electron chi connectivity index (χ4n) is 3.00. The van der Waals surface area contributed by atoms with Crippen LogP contribution in [0.25, 0.3) is 0 Å². The quantitative estimate of drug-likeness (QED) is 0.795. The fraction of sp³-hybridized carbons (Fsp3) is 0.316. The minimum absolute atomic E-state index is 0.220. The number of anilines is 1. The lowest BCUT2D eigenvalue weighted by Gasteiger charge is -2.20. The Morgan fingerprint density at radius 1 is 1.17 bits per heavy atom. The first kappa shape index (κ1) is 16.2. The van der Waals surface area contributed by atoms with Gasteiger partial charge in [0.25, 0.3) is 0 Å². The van der Waals surface area contributed by atoms with Crippen molar-refractivity contribution in [3.05, 3.63) is 64.1 Å². The van der Waals surface area contributed by atoms with Gasteiger partial charge < -0.3 is 9.80 Å². The zero-order valence-corrected chi connectivity index (χ0v) is 14.9. The summed E-state index contributed by atoms with van der Waals surface area (Å²) in [4.78, 5) is 16.6. The van der Waals surface area contributed by atoms with E-state index in [1.807, 2.05) is 23.1 Å². The Kier molecular flexibility index (Phi) is 5.13. The number of para-hydroxylation sites is 1. The van der Waals surface area contributed by atoms with Crippen LogP contribution >= 0.6 is 15.9 Å². The third-order valence-corrected chi connectivity index (χ3v) is 4.79. The van der Waals surface area contributed by atoms with Gasteiger partial charge in [-0.15, -0.1) is 0 Å². The molecule has 1 heterocycles. The van der Waals surface area contributed by atoms with Gasteiger partial charge in [0, 0.05) is 36.2 Å². The molecule has 0 atom stereocenters. The molecule has 3 nitrogen and oxygen atoms in total. The van der Waals surface area contributed by atoms with Gasteiger partial charge in [-0.05, 0) is 42.8 Å². The van der Waals surface area contributed by atoms with Crippen molar-refractivity contribution in [3.63, 3.8) is 0 Å². The molecule has 4 heteroatoms. The molecule has 2 aromatic rings. The maximum absolute atomic E-state index is 12.5. The lowest BCUT2D eigenvalue weighted by atomic mass is 10.2. The van der Waals surface area contributed by atoms with Crippen LogP contribution in [0.3, 0.4) is 0 Å². The van der Waals surface area contributed by atoms with E-state index < -0.39 is 0 Å². The first-order valence-corrected chi connectivity index (χ1v) is 8.74. The van der Waals surface area contributed by atoms with E-state index in [9.17, 15) is 4.79 Å². The number of carbonyl (C=O) groups excluding carboxylic acids is 1. The Balaban J connectivity index is 1.52. The van der Waals surface area contributed by atoms with Gasteiger partial charge in [0.05, 0.1) is 0 Å². The molecule has 3 rings (SSSR count). The van der Waals surface area contributed by atoms with Crippen LogP contribution in [-0.4, -0.2) is 30.9 Å². The second kappa shape index (κ2) is 7.28. The molecular weight excluding hydrogens is 352 g/mol. The fourth-order valence-corrected chi connectivity index (χ4v) is 3.26. The highest BCUT2D eigenvalue weighted by atomic mass is 79.9. The van der Waals surface area contributed by atoms with Crippen LogP contribution in [-0.2, 0) is 17.8 Å². The molecule has 0 N–H and O–H groups in total. The number of amides is 1. The second-order valence-electron chi connectivity index (χ2n) is 6.04. The van der Waals surface area contributed by atoms with E-state index in [1.165, 1.54) is 11.1 Å². The van der Waals surface area contributed by atoms with Gasteiger partial charge >= 0.3 is 0 Å². The van der Waals surface area contributed by atoms with E-state index in [0.717, 1.165) is 36.2 Å². The Morgan fingerprint density at radius 2 is 1.91 bits per heavy atom. The van der Waals surface area contributed by atoms with Crippen LogP contribution in [0.4, 0.5) is 5.69 Å². The summed E-state index contributed by atoms with van der Waals surface area (Å²) in [6.45, 7) is 2.44. The zero-order valence-electron chi connectivity index (χ0n) is 13.3. The molecule has 0 aliphatic carbocycles. The summed E-state index contributed by atoms with van der Waals surface area (Å²) in [6, 6.07) is 16.5. The van der Waals surface area contributed by atoms with Gasteiger partial charge in [-0.3, -0.25) is 4.79 Å². The average molecular weight is 373 g/mol. The van der Waals surface area contributed by atoms with Gasteiger partial charge in [-0.1, -0.05) is 46.3 Å². The highest BCUT2D eigenvalue weighted by molar-refractivity contribution is 9.10. The number of nitrogens with zero attached hydrogens (tertiary/aromatic N) is 2. The normalized spacial score (nSPS) is 13.4. The molecule has 1 amide bonds. The summed E-state index contributed by atoms with van der Waals surface area (Å²) >= 11 is 3.45. The summed E-state index contributed by atoms with van der Waals surface area (Å²) in [5.74, 6) is 0.220. The van der Waals surface area contributed by atoms with Crippen LogP contribution in [0.2, 0.25) is 0 Å². The molecule has 0 fully saturated rings. The molecule has 0 saturated carbocycles. The van der Waals surface area contributed by atoms with Crippen molar-refractivity contribution in [3.8, 4) is 0 Å². The molecule has 2 aromatic carbocycles. The number of rotatable bonds is 5. The van der Waals surface area contributed by atoms with Crippen molar-refractivity contribution in [1.82, 2.24) is 4.90 Å². The minimum atomic E-state index is 0.220. The monoisotopic (exact) mass is 372 g/mol. The molecule has 0 unspecified atom stereocenters. The molecular formula is C19H21BrN2O. The van der Waals surface area contributed by atoms with Gasteiger partial charge in [0.2, 0.25) is 5.91 Å². The van der Waals surface area contributed by atoms with Crippen molar-refractivity contribution >= 4 is 27.5 Å². The lowest BCUT2D eigenvalue weighted by molar-refractivity contribution is -0.118. The SMILES string of the molecule is CN(CCC(=O)N1CCc2ccccc21)Cc1ccc(Br)cc1. The van der Waals surface area contributed by atoms with E-state index in [1.54, 1.807) is 0 Å². The molecule has 120 valence electrons. The van der Waals surface area contributed by atoms with Crippen LogP contribution in [0, 0.1) is 0 Å². The maximum Gasteiger partial charge on any atom is 0.228 e. The molecule has 0 bridgehead atoms. The van der Waals surface area contributed by atoms with Crippen LogP contribution in [0.1, 0.15) is 17.5 Å². The molecule has 0 aromatic heterocycles. The van der Waals surface area contributed by atoms with Crippen molar-refractivity contribution < 1.29 is 4.79 Å². The Hall–Kier alpha value is -1.65. The van der Waals surface area contributed by atoms with Gasteiger partial charge in [0.1, 0.15) is 0 Å². The first-order chi connectivity index (χ1) is 11.1. The summed E-state index contributed by atoms with van der Waals surface area (Å²) in [5, 5.41) is 0. The molecule has 1 aliphatic rings. The lowest BCUT2D eigenvalue weighted by Crippen LogP contribution is -2.32.